The van der Waals surface area contributed by atoms with Crippen molar-refractivity contribution in [2.45, 2.75) is 57.5 Å². The van der Waals surface area contributed by atoms with E-state index < -0.39 is 6.10 Å². The second-order valence-electron chi connectivity index (χ2n) is 8.66. The van der Waals surface area contributed by atoms with Crippen LogP contribution in [-0.2, 0) is 14.9 Å². The largest absolute Gasteiger partial charge is 0.453 e. The highest BCUT2D eigenvalue weighted by Gasteiger charge is 2.34. The van der Waals surface area contributed by atoms with Gasteiger partial charge in [-0.1, -0.05) is 39.0 Å². The summed E-state index contributed by atoms with van der Waals surface area (Å²) in [5.74, 6) is 0.156. The van der Waals surface area contributed by atoms with Crippen molar-refractivity contribution in [2.24, 2.45) is 0 Å². The maximum absolute atomic E-state index is 12.8. The van der Waals surface area contributed by atoms with Gasteiger partial charge in [-0.2, -0.15) is 0 Å². The Balaban J connectivity index is 1.35. The van der Waals surface area contributed by atoms with E-state index >= 15 is 0 Å². The summed E-state index contributed by atoms with van der Waals surface area (Å²) in [7, 11) is 0. The minimum Gasteiger partial charge on any atom is -0.453 e. The monoisotopic (exact) mass is 398 g/mol. The first kappa shape index (κ1) is 19.1. The van der Waals surface area contributed by atoms with E-state index in [2.05, 4.69) is 26.2 Å². The van der Waals surface area contributed by atoms with Crippen LogP contribution in [0.5, 0.6) is 0 Å². The fraction of sp³-hybridized carbons (Fsp3) is 0.500. The summed E-state index contributed by atoms with van der Waals surface area (Å²) >= 11 is 1.74. The fourth-order valence-electron chi connectivity index (χ4n) is 3.85. The first-order valence-electron chi connectivity index (χ1n) is 9.86. The number of rotatable bonds is 3. The van der Waals surface area contributed by atoms with Crippen LogP contribution in [-0.4, -0.2) is 34.8 Å². The fourth-order valence-corrected chi connectivity index (χ4v) is 5.07. The number of esters is 1. The summed E-state index contributed by atoms with van der Waals surface area (Å²) in [4.78, 5) is 31.5. The first-order chi connectivity index (χ1) is 13.3. The number of likely N-dealkylation sites (tertiary alicyclic amines) is 1. The Morgan fingerprint density at radius 2 is 1.96 bits per heavy atom. The van der Waals surface area contributed by atoms with Crippen LogP contribution < -0.4 is 0 Å². The minimum atomic E-state index is -0.456. The highest BCUT2D eigenvalue weighted by molar-refractivity contribution is 7.09. The standard InChI is InChI=1S/C22H26N2O3S/c1-22(2,3)18-13-28-20(23-18)14-8-10-24(11-9-14)19(25)12-17-15-6-4-5-7-16(15)21(26)27-17/h4-7,13-14,17H,8-12H2,1-3H3. The SMILES string of the molecule is CC(C)(C)c1csc(C2CCN(C(=O)CC3OC(=O)c4ccccc43)CC2)n1. The molecule has 2 aromatic rings. The van der Waals surface area contributed by atoms with Gasteiger partial charge in [0.15, 0.2) is 0 Å². The van der Waals surface area contributed by atoms with Gasteiger partial charge in [0.2, 0.25) is 5.91 Å². The molecular formula is C22H26N2O3S. The molecule has 4 rings (SSSR count). The van der Waals surface area contributed by atoms with Crippen molar-refractivity contribution in [2.75, 3.05) is 13.1 Å². The number of amides is 1. The maximum Gasteiger partial charge on any atom is 0.339 e. The first-order valence-corrected chi connectivity index (χ1v) is 10.7. The molecule has 1 unspecified atom stereocenters. The van der Waals surface area contributed by atoms with Crippen LogP contribution in [0.3, 0.4) is 0 Å². The molecular weight excluding hydrogens is 372 g/mol. The highest BCUT2D eigenvalue weighted by atomic mass is 32.1. The van der Waals surface area contributed by atoms with Crippen LogP contribution in [0.1, 0.15) is 78.7 Å². The number of thiazole rings is 1. The third-order valence-electron chi connectivity index (χ3n) is 5.62. The summed E-state index contributed by atoms with van der Waals surface area (Å²) < 4.78 is 5.42. The number of carbonyl (C=O) groups excluding carboxylic acids is 2. The van der Waals surface area contributed by atoms with Crippen molar-refractivity contribution in [1.29, 1.82) is 0 Å². The van der Waals surface area contributed by atoms with E-state index in [1.807, 2.05) is 23.1 Å². The summed E-state index contributed by atoms with van der Waals surface area (Å²) in [6, 6.07) is 7.33. The van der Waals surface area contributed by atoms with Crippen molar-refractivity contribution < 1.29 is 14.3 Å². The van der Waals surface area contributed by atoms with E-state index in [1.54, 1.807) is 17.4 Å². The van der Waals surface area contributed by atoms with E-state index in [0.29, 0.717) is 11.5 Å². The molecule has 1 saturated heterocycles. The number of carbonyl (C=O) groups is 2. The molecule has 1 atom stereocenters. The number of cyclic esters (lactones) is 1. The van der Waals surface area contributed by atoms with Gasteiger partial charge >= 0.3 is 5.97 Å². The predicted octanol–water partition coefficient (Wildman–Crippen LogP) is 4.45. The topological polar surface area (TPSA) is 59.5 Å². The Bertz CT molecular complexity index is 891. The molecule has 1 amide bonds. The van der Waals surface area contributed by atoms with Gasteiger partial charge in [-0.05, 0) is 18.9 Å². The lowest BCUT2D eigenvalue weighted by atomic mass is 9.93. The van der Waals surface area contributed by atoms with Crippen LogP contribution in [0.4, 0.5) is 0 Å². The van der Waals surface area contributed by atoms with Gasteiger partial charge in [-0.3, -0.25) is 4.79 Å². The van der Waals surface area contributed by atoms with Gasteiger partial charge in [0, 0.05) is 35.4 Å². The molecule has 2 aliphatic heterocycles. The second kappa shape index (κ2) is 7.32. The molecule has 148 valence electrons. The highest BCUT2D eigenvalue weighted by Crippen LogP contribution is 2.36. The van der Waals surface area contributed by atoms with Crippen molar-refractivity contribution in [1.82, 2.24) is 9.88 Å². The molecule has 0 bridgehead atoms. The smallest absolute Gasteiger partial charge is 0.339 e. The third-order valence-corrected chi connectivity index (χ3v) is 6.63. The molecule has 0 N–H and O–H groups in total. The van der Waals surface area contributed by atoms with E-state index in [-0.39, 0.29) is 23.7 Å². The lowest BCUT2D eigenvalue weighted by molar-refractivity contribution is -0.134. The quantitative estimate of drug-likeness (QED) is 0.717. The Morgan fingerprint density at radius 1 is 1.25 bits per heavy atom. The van der Waals surface area contributed by atoms with E-state index in [1.165, 1.54) is 5.01 Å². The Kier molecular flexibility index (Phi) is 5.00. The van der Waals surface area contributed by atoms with Crippen LogP contribution in [0.15, 0.2) is 29.6 Å². The third kappa shape index (κ3) is 3.70. The molecule has 3 heterocycles. The summed E-state index contributed by atoms with van der Waals surface area (Å²) in [6.45, 7) is 8.01. The van der Waals surface area contributed by atoms with Crippen molar-refractivity contribution >= 4 is 23.2 Å². The van der Waals surface area contributed by atoms with Gasteiger partial charge in [0.05, 0.1) is 22.7 Å². The van der Waals surface area contributed by atoms with Crippen LogP contribution in [0.25, 0.3) is 0 Å². The molecule has 1 aromatic heterocycles. The van der Waals surface area contributed by atoms with Gasteiger partial charge in [0.1, 0.15) is 6.10 Å². The Morgan fingerprint density at radius 3 is 2.64 bits per heavy atom. The second-order valence-corrected chi connectivity index (χ2v) is 9.55. The predicted molar refractivity (Wildman–Crippen MR) is 109 cm³/mol. The zero-order chi connectivity index (χ0) is 19.9. The Hall–Kier alpha value is -2.21. The van der Waals surface area contributed by atoms with Crippen LogP contribution in [0, 0.1) is 0 Å². The van der Waals surface area contributed by atoms with Crippen molar-refractivity contribution in [3.8, 4) is 0 Å². The number of hydrogen-bond donors (Lipinski definition) is 0. The van der Waals surface area contributed by atoms with Gasteiger partial charge in [-0.15, -0.1) is 11.3 Å². The van der Waals surface area contributed by atoms with E-state index in [0.717, 1.165) is 37.2 Å². The summed E-state index contributed by atoms with van der Waals surface area (Å²) in [6.07, 6.45) is 1.63. The zero-order valence-corrected chi connectivity index (χ0v) is 17.4. The molecule has 0 saturated carbocycles. The van der Waals surface area contributed by atoms with E-state index in [9.17, 15) is 9.59 Å². The van der Waals surface area contributed by atoms with Crippen LogP contribution in [0.2, 0.25) is 0 Å². The number of piperidine rings is 1. The lowest BCUT2D eigenvalue weighted by Gasteiger charge is -2.31. The minimum absolute atomic E-state index is 0.0578. The number of aromatic nitrogens is 1. The van der Waals surface area contributed by atoms with Gasteiger partial charge in [0.25, 0.3) is 0 Å². The number of benzene rings is 1. The van der Waals surface area contributed by atoms with E-state index in [4.69, 9.17) is 9.72 Å². The molecule has 28 heavy (non-hydrogen) atoms. The number of hydrogen-bond acceptors (Lipinski definition) is 5. The van der Waals surface area contributed by atoms with Gasteiger partial charge in [-0.25, -0.2) is 9.78 Å². The van der Waals surface area contributed by atoms with Gasteiger partial charge < -0.3 is 9.64 Å². The van der Waals surface area contributed by atoms with Crippen molar-refractivity contribution in [3.63, 3.8) is 0 Å². The Labute approximate surface area is 169 Å². The zero-order valence-electron chi connectivity index (χ0n) is 16.6. The molecule has 6 heteroatoms. The molecule has 0 aliphatic carbocycles. The number of nitrogens with zero attached hydrogens (tertiary/aromatic N) is 2. The molecule has 5 nitrogen and oxygen atoms in total. The average Bonchev–Trinajstić information content (AvgIpc) is 3.28. The van der Waals surface area contributed by atoms with Crippen molar-refractivity contribution in [3.05, 3.63) is 51.5 Å². The molecule has 2 aliphatic rings. The number of ether oxygens (including phenoxy) is 1. The molecule has 0 radical (unpaired) electrons. The average molecular weight is 399 g/mol. The van der Waals surface area contributed by atoms with Crippen LogP contribution >= 0.6 is 11.3 Å². The maximum atomic E-state index is 12.8. The summed E-state index contributed by atoms with van der Waals surface area (Å²) in [5, 5.41) is 3.36. The molecule has 1 fully saturated rings. The lowest BCUT2D eigenvalue weighted by Crippen LogP contribution is -2.38. The number of fused-ring (bicyclic) bond motifs is 1. The molecule has 1 aromatic carbocycles. The summed E-state index contributed by atoms with van der Waals surface area (Å²) in [5.41, 5.74) is 2.62. The molecule has 0 spiro atoms. The normalized spacial score (nSPS) is 20.2.